The Bertz CT molecular complexity index is 991. The number of nitrogen functional groups attached to an aromatic ring is 1. The fourth-order valence-corrected chi connectivity index (χ4v) is 2.86. The number of nitrogens with zero attached hydrogens (tertiary/aromatic N) is 3. The summed E-state index contributed by atoms with van der Waals surface area (Å²) in [5.41, 5.74) is 14.2. The molecule has 1 atom stereocenters. The molecule has 0 fully saturated rings. The number of carbonyl (C=O) groups is 1. The van der Waals surface area contributed by atoms with E-state index >= 15 is 0 Å². The van der Waals surface area contributed by atoms with E-state index < -0.39 is 23.2 Å². The summed E-state index contributed by atoms with van der Waals surface area (Å²) in [4.78, 5) is 21.0. The van der Waals surface area contributed by atoms with E-state index in [4.69, 9.17) is 21.9 Å². The standard InChI is InChI=1S/C19H22F3N7O2/c1-2-31-15-13(10-24)14(28-17(25)29-15)18(26,7-4-8-23)16(30)27-12-6-3-5-11(9-12)19(20,21)22/h3,5-6,9H,2,4,7-8,23,26H2,1H3,(H,27,30)(H2,25,28,29)/t18-/m1/s1. The van der Waals surface area contributed by atoms with Crippen molar-refractivity contribution in [1.29, 1.82) is 5.26 Å². The van der Waals surface area contributed by atoms with E-state index in [1.807, 2.05) is 6.07 Å². The van der Waals surface area contributed by atoms with Gasteiger partial charge < -0.3 is 27.3 Å². The molecule has 0 saturated carbocycles. The molecule has 2 aromatic rings. The summed E-state index contributed by atoms with van der Waals surface area (Å²) in [7, 11) is 0. The largest absolute Gasteiger partial charge is 0.477 e. The lowest BCUT2D eigenvalue weighted by Gasteiger charge is -2.29. The Labute approximate surface area is 176 Å². The van der Waals surface area contributed by atoms with Gasteiger partial charge in [0.15, 0.2) is 0 Å². The summed E-state index contributed by atoms with van der Waals surface area (Å²) >= 11 is 0. The molecule has 1 aromatic carbocycles. The van der Waals surface area contributed by atoms with Crippen LogP contribution >= 0.6 is 0 Å². The molecule has 166 valence electrons. The topological polar surface area (TPSA) is 166 Å². The minimum atomic E-state index is -4.60. The number of nitrogens with one attached hydrogen (secondary N) is 1. The third-order valence-electron chi connectivity index (χ3n) is 4.34. The molecular weight excluding hydrogens is 415 g/mol. The van der Waals surface area contributed by atoms with Crippen molar-refractivity contribution in [3.63, 3.8) is 0 Å². The van der Waals surface area contributed by atoms with Gasteiger partial charge >= 0.3 is 6.18 Å². The highest BCUT2D eigenvalue weighted by Gasteiger charge is 2.41. The SMILES string of the molecule is CCOc1nc(N)nc([C@](N)(CCCN)C(=O)Nc2cccc(C(F)(F)F)c2)c1C#N. The fourth-order valence-electron chi connectivity index (χ4n) is 2.86. The van der Waals surface area contributed by atoms with Crippen LogP contribution in [0.3, 0.4) is 0 Å². The summed E-state index contributed by atoms with van der Waals surface area (Å²) in [6, 6.07) is 5.92. The highest BCUT2D eigenvalue weighted by atomic mass is 19.4. The number of nitrogens with two attached hydrogens (primary N) is 3. The maximum absolute atomic E-state index is 13.1. The molecule has 0 aliphatic rings. The maximum Gasteiger partial charge on any atom is 0.416 e. The Morgan fingerprint density at radius 2 is 2.03 bits per heavy atom. The summed E-state index contributed by atoms with van der Waals surface area (Å²) < 4.78 is 44.3. The molecule has 1 aromatic heterocycles. The molecule has 31 heavy (non-hydrogen) atoms. The molecule has 9 nitrogen and oxygen atoms in total. The number of benzene rings is 1. The second kappa shape index (κ2) is 9.59. The zero-order valence-electron chi connectivity index (χ0n) is 16.7. The third-order valence-corrected chi connectivity index (χ3v) is 4.34. The minimum absolute atomic E-state index is 0.0645. The minimum Gasteiger partial charge on any atom is -0.477 e. The number of hydrogen-bond acceptors (Lipinski definition) is 8. The van der Waals surface area contributed by atoms with Crippen molar-refractivity contribution in [3.8, 4) is 11.9 Å². The summed E-state index contributed by atoms with van der Waals surface area (Å²) in [5, 5.41) is 12.0. The van der Waals surface area contributed by atoms with Crippen LogP contribution in [0.15, 0.2) is 24.3 Å². The van der Waals surface area contributed by atoms with E-state index in [-0.39, 0.29) is 54.8 Å². The summed E-state index contributed by atoms with van der Waals surface area (Å²) in [6.45, 7) is 1.97. The number of alkyl halides is 3. The normalized spacial score (nSPS) is 13.2. The fraction of sp³-hybridized carbons (Fsp3) is 0.368. The van der Waals surface area contributed by atoms with Gasteiger partial charge in [-0.1, -0.05) is 6.07 Å². The first-order valence-corrected chi connectivity index (χ1v) is 9.25. The van der Waals surface area contributed by atoms with Crippen LogP contribution in [0.4, 0.5) is 24.8 Å². The molecule has 0 aliphatic carbocycles. The van der Waals surface area contributed by atoms with Crippen molar-refractivity contribution in [2.75, 3.05) is 24.2 Å². The van der Waals surface area contributed by atoms with Crippen LogP contribution in [0, 0.1) is 11.3 Å². The zero-order valence-corrected chi connectivity index (χ0v) is 16.7. The molecule has 0 aliphatic heterocycles. The molecule has 12 heteroatoms. The number of rotatable bonds is 8. The highest BCUT2D eigenvalue weighted by molar-refractivity contribution is 5.99. The Morgan fingerprint density at radius 3 is 2.61 bits per heavy atom. The van der Waals surface area contributed by atoms with Gasteiger partial charge in [0.2, 0.25) is 11.8 Å². The van der Waals surface area contributed by atoms with Gasteiger partial charge in [0, 0.05) is 5.69 Å². The second-order valence-corrected chi connectivity index (χ2v) is 6.55. The van der Waals surface area contributed by atoms with Gasteiger partial charge in [-0.2, -0.15) is 23.4 Å². The van der Waals surface area contributed by atoms with Gasteiger partial charge in [-0.3, -0.25) is 4.79 Å². The van der Waals surface area contributed by atoms with Gasteiger partial charge in [0.1, 0.15) is 17.2 Å². The number of anilines is 2. The molecular formula is C19H22F3N7O2. The second-order valence-electron chi connectivity index (χ2n) is 6.55. The van der Waals surface area contributed by atoms with Crippen molar-refractivity contribution in [1.82, 2.24) is 9.97 Å². The molecule has 7 N–H and O–H groups in total. The van der Waals surface area contributed by atoms with Crippen LogP contribution in [-0.4, -0.2) is 29.0 Å². The number of halogens is 3. The van der Waals surface area contributed by atoms with Gasteiger partial charge in [-0.05, 0) is 44.5 Å². The van der Waals surface area contributed by atoms with Crippen LogP contribution in [0.2, 0.25) is 0 Å². The van der Waals surface area contributed by atoms with Crippen LogP contribution in [0.1, 0.15) is 36.6 Å². The van der Waals surface area contributed by atoms with Gasteiger partial charge in [0.25, 0.3) is 5.91 Å². The Hall–Kier alpha value is -3.43. The van der Waals surface area contributed by atoms with E-state index in [1.165, 1.54) is 6.07 Å². The Balaban J connectivity index is 2.54. The lowest BCUT2D eigenvalue weighted by Crippen LogP contribution is -2.50. The average Bonchev–Trinajstić information content (AvgIpc) is 2.71. The van der Waals surface area contributed by atoms with Crippen molar-refractivity contribution in [2.45, 2.75) is 31.5 Å². The van der Waals surface area contributed by atoms with E-state index in [0.717, 1.165) is 18.2 Å². The number of aromatic nitrogens is 2. The van der Waals surface area contributed by atoms with Crippen molar-refractivity contribution < 1.29 is 22.7 Å². The molecule has 0 unspecified atom stereocenters. The molecule has 0 radical (unpaired) electrons. The first kappa shape index (κ1) is 23.8. The first-order chi connectivity index (χ1) is 14.6. The quantitative estimate of drug-likeness (QED) is 0.486. The lowest BCUT2D eigenvalue weighted by molar-refractivity contribution is -0.137. The van der Waals surface area contributed by atoms with Gasteiger partial charge in [-0.25, -0.2) is 4.98 Å². The van der Waals surface area contributed by atoms with E-state index in [9.17, 15) is 23.2 Å². The molecule has 0 saturated heterocycles. The van der Waals surface area contributed by atoms with E-state index in [2.05, 4.69) is 15.3 Å². The predicted octanol–water partition coefficient (Wildman–Crippen LogP) is 1.88. The van der Waals surface area contributed by atoms with E-state index in [0.29, 0.717) is 0 Å². The van der Waals surface area contributed by atoms with Crippen molar-refractivity contribution in [2.24, 2.45) is 11.5 Å². The Kier molecular flexibility index (Phi) is 7.37. The number of hydrogen-bond donors (Lipinski definition) is 4. The van der Waals surface area contributed by atoms with Crippen molar-refractivity contribution >= 4 is 17.5 Å². The number of amides is 1. The van der Waals surface area contributed by atoms with Gasteiger partial charge in [0.05, 0.1) is 17.9 Å². The number of ether oxygens (including phenoxy) is 1. The summed E-state index contributed by atoms with van der Waals surface area (Å²) in [6.07, 6.45) is -4.40. The number of nitriles is 1. The van der Waals surface area contributed by atoms with E-state index in [1.54, 1.807) is 6.92 Å². The smallest absolute Gasteiger partial charge is 0.416 e. The molecule has 1 heterocycles. The highest BCUT2D eigenvalue weighted by Crippen LogP contribution is 2.33. The maximum atomic E-state index is 13.1. The third kappa shape index (κ3) is 5.39. The first-order valence-electron chi connectivity index (χ1n) is 9.25. The average molecular weight is 437 g/mol. The molecule has 1 amide bonds. The zero-order chi connectivity index (χ0) is 23.2. The van der Waals surface area contributed by atoms with Crippen LogP contribution < -0.4 is 27.3 Å². The van der Waals surface area contributed by atoms with Crippen LogP contribution in [0.25, 0.3) is 0 Å². The van der Waals surface area contributed by atoms with Crippen molar-refractivity contribution in [3.05, 3.63) is 41.1 Å². The van der Waals surface area contributed by atoms with Crippen LogP contribution in [-0.2, 0) is 16.5 Å². The molecule has 0 bridgehead atoms. The Morgan fingerprint density at radius 1 is 1.32 bits per heavy atom. The predicted molar refractivity (Wildman–Crippen MR) is 107 cm³/mol. The lowest BCUT2D eigenvalue weighted by atomic mass is 9.86. The molecule has 0 spiro atoms. The number of carbonyl (C=O) groups excluding carboxylic acids is 1. The van der Waals surface area contributed by atoms with Crippen LogP contribution in [0.5, 0.6) is 5.88 Å². The monoisotopic (exact) mass is 437 g/mol. The summed E-state index contributed by atoms with van der Waals surface area (Å²) in [5.74, 6) is -1.33. The molecule has 2 rings (SSSR count). The van der Waals surface area contributed by atoms with Gasteiger partial charge in [-0.15, -0.1) is 0 Å².